The van der Waals surface area contributed by atoms with Gasteiger partial charge in [-0.1, -0.05) is 29.3 Å². The van der Waals surface area contributed by atoms with Gasteiger partial charge in [-0.3, -0.25) is 4.98 Å². The van der Waals surface area contributed by atoms with Gasteiger partial charge in [0.05, 0.1) is 21.8 Å². The number of likely N-dealkylation sites (N-methyl/N-ethyl adjacent to an activating group) is 1. The molecule has 0 saturated heterocycles. The van der Waals surface area contributed by atoms with Gasteiger partial charge in [-0.05, 0) is 49.7 Å². The van der Waals surface area contributed by atoms with Crippen molar-refractivity contribution < 1.29 is 4.39 Å². The van der Waals surface area contributed by atoms with Crippen LogP contribution < -0.4 is 5.32 Å². The van der Waals surface area contributed by atoms with E-state index in [-0.39, 0.29) is 11.9 Å². The van der Waals surface area contributed by atoms with Crippen LogP contribution in [0.25, 0.3) is 0 Å². The van der Waals surface area contributed by atoms with Crippen LogP contribution in [0.3, 0.4) is 0 Å². The van der Waals surface area contributed by atoms with Crippen LogP contribution >= 0.6 is 23.2 Å². The lowest BCUT2D eigenvalue weighted by Crippen LogP contribution is -2.21. The molecule has 5 heteroatoms. The molecular formula is C15H15Cl2FN2. The average molecular weight is 313 g/mol. The van der Waals surface area contributed by atoms with Gasteiger partial charge < -0.3 is 5.32 Å². The van der Waals surface area contributed by atoms with Crippen LogP contribution in [0.5, 0.6) is 0 Å². The number of nitrogens with zero attached hydrogens (tertiary/aromatic N) is 1. The Morgan fingerprint density at radius 1 is 1.30 bits per heavy atom. The van der Waals surface area contributed by atoms with E-state index in [0.717, 1.165) is 11.1 Å². The Hall–Kier alpha value is -1.16. The van der Waals surface area contributed by atoms with Gasteiger partial charge in [0, 0.05) is 6.20 Å². The minimum atomic E-state index is -0.240. The molecule has 1 N–H and O–H groups in total. The van der Waals surface area contributed by atoms with Crippen molar-refractivity contribution in [2.45, 2.75) is 19.4 Å². The van der Waals surface area contributed by atoms with Crippen molar-refractivity contribution in [3.8, 4) is 0 Å². The summed E-state index contributed by atoms with van der Waals surface area (Å²) in [5.41, 5.74) is 2.68. The molecule has 1 heterocycles. The summed E-state index contributed by atoms with van der Waals surface area (Å²) in [6.45, 7) is 1.96. The summed E-state index contributed by atoms with van der Waals surface area (Å²) in [6.07, 6.45) is 2.17. The summed E-state index contributed by atoms with van der Waals surface area (Å²) < 4.78 is 13.4. The van der Waals surface area contributed by atoms with E-state index < -0.39 is 0 Å². The summed E-state index contributed by atoms with van der Waals surface area (Å²) in [5, 5.41) is 4.16. The minimum absolute atomic E-state index is 0.0970. The fraction of sp³-hybridized carbons (Fsp3) is 0.267. The Morgan fingerprint density at radius 3 is 2.70 bits per heavy atom. The lowest BCUT2D eigenvalue weighted by molar-refractivity contribution is 0.569. The third kappa shape index (κ3) is 3.48. The Balaban J connectivity index is 2.31. The monoisotopic (exact) mass is 312 g/mol. The molecule has 0 radical (unpaired) electrons. The molecule has 0 aliphatic heterocycles. The van der Waals surface area contributed by atoms with Crippen molar-refractivity contribution >= 4 is 23.2 Å². The van der Waals surface area contributed by atoms with Gasteiger partial charge in [0.15, 0.2) is 0 Å². The number of hydrogen-bond donors (Lipinski definition) is 1. The molecule has 0 aliphatic carbocycles. The second-order valence-electron chi connectivity index (χ2n) is 4.64. The molecule has 0 aliphatic rings. The quantitative estimate of drug-likeness (QED) is 0.908. The first kappa shape index (κ1) is 15.2. The maximum absolute atomic E-state index is 13.4. The Labute approximate surface area is 127 Å². The predicted molar refractivity (Wildman–Crippen MR) is 80.9 cm³/mol. The highest BCUT2D eigenvalue weighted by Crippen LogP contribution is 2.27. The van der Waals surface area contributed by atoms with Crippen molar-refractivity contribution in [2.75, 3.05) is 7.05 Å². The fourth-order valence-electron chi connectivity index (χ4n) is 2.10. The van der Waals surface area contributed by atoms with Crippen LogP contribution in [0.2, 0.25) is 10.0 Å². The van der Waals surface area contributed by atoms with E-state index in [1.54, 1.807) is 24.4 Å². The lowest BCUT2D eigenvalue weighted by Gasteiger charge is -2.18. The molecule has 1 atom stereocenters. The van der Waals surface area contributed by atoms with Gasteiger partial charge >= 0.3 is 0 Å². The second-order valence-corrected chi connectivity index (χ2v) is 5.48. The largest absolute Gasteiger partial charge is 0.311 e. The molecule has 1 unspecified atom stereocenters. The van der Waals surface area contributed by atoms with Gasteiger partial charge in [0.2, 0.25) is 0 Å². The standard InChI is InChI=1S/C15H15Cl2FN2/c1-9-3-4-12(18)5-10(9)6-14(19-2)15-13(17)7-11(16)8-20-15/h3-5,7-8,14,19H,6H2,1-2H3. The first-order chi connectivity index (χ1) is 9.51. The molecule has 106 valence electrons. The van der Waals surface area contributed by atoms with Crippen LogP contribution in [-0.4, -0.2) is 12.0 Å². The SMILES string of the molecule is CNC(Cc1cc(F)ccc1C)c1ncc(Cl)cc1Cl. The van der Waals surface area contributed by atoms with Crippen LogP contribution in [0.15, 0.2) is 30.5 Å². The molecule has 2 nitrogen and oxygen atoms in total. The number of nitrogens with one attached hydrogen (secondary N) is 1. The molecule has 2 aromatic rings. The van der Waals surface area contributed by atoms with Gasteiger partial charge in [0.25, 0.3) is 0 Å². The zero-order valence-corrected chi connectivity index (χ0v) is 12.8. The van der Waals surface area contributed by atoms with Crippen molar-refractivity contribution in [2.24, 2.45) is 0 Å². The zero-order valence-electron chi connectivity index (χ0n) is 11.3. The normalized spacial score (nSPS) is 12.4. The van der Waals surface area contributed by atoms with E-state index in [4.69, 9.17) is 23.2 Å². The molecule has 0 bridgehead atoms. The third-order valence-electron chi connectivity index (χ3n) is 3.25. The molecule has 0 saturated carbocycles. The zero-order chi connectivity index (χ0) is 14.7. The maximum Gasteiger partial charge on any atom is 0.123 e. The molecule has 1 aromatic heterocycles. The Morgan fingerprint density at radius 2 is 2.05 bits per heavy atom. The van der Waals surface area contributed by atoms with Crippen LogP contribution in [0.1, 0.15) is 22.9 Å². The van der Waals surface area contributed by atoms with E-state index in [1.807, 2.05) is 14.0 Å². The minimum Gasteiger partial charge on any atom is -0.311 e. The van der Waals surface area contributed by atoms with E-state index in [1.165, 1.54) is 6.07 Å². The van der Waals surface area contributed by atoms with Crippen molar-refractivity contribution in [3.63, 3.8) is 0 Å². The summed E-state index contributed by atoms with van der Waals surface area (Å²) in [5.74, 6) is -0.240. The van der Waals surface area contributed by atoms with Gasteiger partial charge in [-0.2, -0.15) is 0 Å². The number of rotatable bonds is 4. The van der Waals surface area contributed by atoms with Gasteiger partial charge in [-0.25, -0.2) is 4.39 Å². The highest BCUT2D eigenvalue weighted by molar-refractivity contribution is 6.34. The van der Waals surface area contributed by atoms with Gasteiger partial charge in [0.1, 0.15) is 5.82 Å². The number of aryl methyl sites for hydroxylation is 1. The molecule has 1 aromatic carbocycles. The first-order valence-electron chi connectivity index (χ1n) is 6.24. The topological polar surface area (TPSA) is 24.9 Å². The van der Waals surface area contributed by atoms with Crippen molar-refractivity contribution in [3.05, 3.63) is 63.1 Å². The van der Waals surface area contributed by atoms with Crippen molar-refractivity contribution in [1.29, 1.82) is 0 Å². The van der Waals surface area contributed by atoms with E-state index in [9.17, 15) is 4.39 Å². The summed E-state index contributed by atoms with van der Waals surface area (Å²) in [7, 11) is 1.83. The van der Waals surface area contributed by atoms with E-state index in [0.29, 0.717) is 22.2 Å². The Kier molecular flexibility index (Phi) is 4.97. The maximum atomic E-state index is 13.4. The van der Waals surface area contributed by atoms with Crippen LogP contribution in [0.4, 0.5) is 4.39 Å². The smallest absolute Gasteiger partial charge is 0.123 e. The van der Waals surface area contributed by atoms with Crippen LogP contribution in [-0.2, 0) is 6.42 Å². The van der Waals surface area contributed by atoms with E-state index in [2.05, 4.69) is 10.3 Å². The van der Waals surface area contributed by atoms with Crippen molar-refractivity contribution in [1.82, 2.24) is 10.3 Å². The number of aromatic nitrogens is 1. The van der Waals surface area contributed by atoms with Gasteiger partial charge in [-0.15, -0.1) is 0 Å². The summed E-state index contributed by atoms with van der Waals surface area (Å²) >= 11 is 12.0. The molecule has 0 fully saturated rings. The number of pyridine rings is 1. The number of hydrogen-bond acceptors (Lipinski definition) is 2. The molecular weight excluding hydrogens is 298 g/mol. The molecule has 20 heavy (non-hydrogen) atoms. The fourth-order valence-corrected chi connectivity index (χ4v) is 2.61. The lowest BCUT2D eigenvalue weighted by atomic mass is 9.99. The summed E-state index contributed by atoms with van der Waals surface area (Å²) in [4.78, 5) is 4.28. The molecule has 0 spiro atoms. The highest BCUT2D eigenvalue weighted by Gasteiger charge is 2.17. The Bertz CT molecular complexity index is 617. The third-order valence-corrected chi connectivity index (χ3v) is 3.76. The molecule has 2 rings (SSSR count). The predicted octanol–water partition coefficient (Wildman–Crippen LogP) is 4.34. The molecule has 0 amide bonds. The van der Waals surface area contributed by atoms with Crippen LogP contribution in [0, 0.1) is 12.7 Å². The first-order valence-corrected chi connectivity index (χ1v) is 7.00. The summed E-state index contributed by atoms with van der Waals surface area (Å²) in [6, 6.07) is 6.34. The number of benzene rings is 1. The second kappa shape index (κ2) is 6.53. The number of halogens is 3. The average Bonchev–Trinajstić information content (AvgIpc) is 2.40. The van der Waals surface area contributed by atoms with E-state index >= 15 is 0 Å². The highest BCUT2D eigenvalue weighted by atomic mass is 35.5.